The number of aromatic nitrogens is 3. The second-order valence-electron chi connectivity index (χ2n) is 15.6. The van der Waals surface area contributed by atoms with Crippen molar-refractivity contribution in [1.82, 2.24) is 24.8 Å². The number of carboxylic acid groups (broad SMARTS) is 1. The summed E-state index contributed by atoms with van der Waals surface area (Å²) in [6, 6.07) is 0.383. The third kappa shape index (κ3) is 6.62. The molecule has 0 unspecified atom stereocenters. The van der Waals surface area contributed by atoms with Crippen LogP contribution in [0.1, 0.15) is 101 Å². The Morgan fingerprint density at radius 3 is 2.57 bits per heavy atom. The number of aliphatic carboxylic acids is 1. The van der Waals surface area contributed by atoms with Gasteiger partial charge in [-0.15, -0.1) is 5.10 Å². The van der Waals surface area contributed by atoms with Gasteiger partial charge in [-0.25, -0.2) is 9.07 Å². The highest BCUT2D eigenvalue weighted by molar-refractivity contribution is 6.31. The molecule has 2 aliphatic carbocycles. The summed E-state index contributed by atoms with van der Waals surface area (Å²) in [6.45, 7) is 9.17. The standard InChI is InChI=1S/C35H45ClFN5O7/c1-20-25(38-39-42(20)19-49-32(47)33(2,3)4)17-48-29-24(37)14-23(36)21-9-13-41(30(44)22-8-6-7-10-34(22,5)31(45)46)26(28(21)29)16-40-18-35(11-12-35)15-27(40)43/h14,22,26H,6-13,15-19H2,1-5H3,(H,45,46)/t22-,26+,34-/m0/s1. The molecule has 1 aromatic carbocycles. The first kappa shape index (κ1) is 35.1. The van der Waals surface area contributed by atoms with Gasteiger partial charge in [0.1, 0.15) is 12.3 Å². The van der Waals surface area contributed by atoms with Gasteiger partial charge >= 0.3 is 11.9 Å². The molecule has 266 valence electrons. The van der Waals surface area contributed by atoms with Gasteiger partial charge in [0.25, 0.3) is 0 Å². The molecule has 3 heterocycles. The van der Waals surface area contributed by atoms with Crippen LogP contribution in [0, 0.1) is 34.9 Å². The molecule has 2 aliphatic heterocycles. The van der Waals surface area contributed by atoms with E-state index in [1.165, 1.54) is 10.7 Å². The molecule has 1 aromatic heterocycles. The van der Waals surface area contributed by atoms with Gasteiger partial charge in [0.05, 0.1) is 28.5 Å². The number of benzene rings is 1. The molecule has 3 atom stereocenters. The Bertz CT molecular complexity index is 1680. The molecule has 2 aromatic rings. The maximum atomic E-state index is 16.0. The van der Waals surface area contributed by atoms with Crippen LogP contribution in [0.4, 0.5) is 4.39 Å². The maximum Gasteiger partial charge on any atom is 0.313 e. The molecule has 1 spiro atoms. The molecule has 0 radical (unpaired) electrons. The highest BCUT2D eigenvalue weighted by atomic mass is 35.5. The molecular weight excluding hydrogens is 657 g/mol. The van der Waals surface area contributed by atoms with Gasteiger partial charge in [0, 0.05) is 36.6 Å². The van der Waals surface area contributed by atoms with Gasteiger partial charge in [-0.1, -0.05) is 29.7 Å². The van der Waals surface area contributed by atoms with E-state index < -0.39 is 40.5 Å². The van der Waals surface area contributed by atoms with E-state index in [1.807, 2.05) is 0 Å². The quantitative estimate of drug-likeness (QED) is 0.348. The van der Waals surface area contributed by atoms with Crippen LogP contribution in [0.2, 0.25) is 5.02 Å². The number of amides is 2. The van der Waals surface area contributed by atoms with E-state index in [1.54, 1.807) is 44.4 Å². The van der Waals surface area contributed by atoms with Crippen LogP contribution < -0.4 is 4.74 Å². The average Bonchev–Trinajstić information content (AvgIpc) is 3.59. The smallest absolute Gasteiger partial charge is 0.313 e. The summed E-state index contributed by atoms with van der Waals surface area (Å²) in [6.07, 6.45) is 4.91. The molecule has 12 nitrogen and oxygen atoms in total. The number of carboxylic acids is 1. The van der Waals surface area contributed by atoms with E-state index >= 15 is 4.39 Å². The van der Waals surface area contributed by atoms with Crippen molar-refractivity contribution in [2.24, 2.45) is 22.2 Å². The summed E-state index contributed by atoms with van der Waals surface area (Å²) in [5.41, 5.74) is -0.0331. The molecule has 49 heavy (non-hydrogen) atoms. The van der Waals surface area contributed by atoms with Gasteiger partial charge < -0.3 is 24.4 Å². The highest BCUT2D eigenvalue weighted by Crippen LogP contribution is 2.54. The van der Waals surface area contributed by atoms with E-state index in [4.69, 9.17) is 21.1 Å². The first-order chi connectivity index (χ1) is 23.0. The summed E-state index contributed by atoms with van der Waals surface area (Å²) < 4.78 is 29.0. The lowest BCUT2D eigenvalue weighted by Gasteiger charge is -2.45. The van der Waals surface area contributed by atoms with Crippen LogP contribution in [-0.2, 0) is 43.7 Å². The molecule has 2 saturated carbocycles. The first-order valence-electron chi connectivity index (χ1n) is 17.1. The summed E-state index contributed by atoms with van der Waals surface area (Å²) in [4.78, 5) is 56.0. The predicted octanol–water partition coefficient (Wildman–Crippen LogP) is 5.22. The van der Waals surface area contributed by atoms with Crippen LogP contribution in [0.3, 0.4) is 0 Å². The van der Waals surface area contributed by atoms with Crippen molar-refractivity contribution >= 4 is 35.4 Å². The van der Waals surface area contributed by atoms with Gasteiger partial charge in [0.15, 0.2) is 18.3 Å². The zero-order valence-corrected chi connectivity index (χ0v) is 29.6. The number of ether oxygens (including phenoxy) is 2. The van der Waals surface area contributed by atoms with E-state index in [0.717, 1.165) is 19.3 Å². The largest absolute Gasteiger partial charge is 0.484 e. The fourth-order valence-electron chi connectivity index (χ4n) is 7.59. The monoisotopic (exact) mass is 701 g/mol. The number of fused-ring (bicyclic) bond motifs is 1. The number of hydrogen-bond donors (Lipinski definition) is 1. The lowest BCUT2D eigenvalue weighted by atomic mass is 9.66. The van der Waals surface area contributed by atoms with Crippen molar-refractivity contribution in [3.63, 3.8) is 0 Å². The van der Waals surface area contributed by atoms with Crippen molar-refractivity contribution < 1.29 is 38.1 Å². The molecule has 2 amide bonds. The average molecular weight is 702 g/mol. The molecule has 1 N–H and O–H groups in total. The summed E-state index contributed by atoms with van der Waals surface area (Å²) >= 11 is 6.66. The second-order valence-corrected chi connectivity index (χ2v) is 16.0. The van der Waals surface area contributed by atoms with Crippen LogP contribution in [-0.4, -0.2) is 73.3 Å². The Kier molecular flexibility index (Phi) is 9.21. The Morgan fingerprint density at radius 2 is 1.92 bits per heavy atom. The van der Waals surface area contributed by atoms with Crippen molar-refractivity contribution in [3.05, 3.63) is 39.4 Å². The van der Waals surface area contributed by atoms with E-state index in [2.05, 4.69) is 10.3 Å². The highest BCUT2D eigenvalue weighted by Gasteiger charge is 2.54. The number of likely N-dealkylation sites (tertiary alicyclic amines) is 1. The molecule has 14 heteroatoms. The van der Waals surface area contributed by atoms with Crippen molar-refractivity contribution in [2.75, 3.05) is 19.6 Å². The number of carbonyl (C=O) groups excluding carboxylic acids is 3. The zero-order valence-electron chi connectivity index (χ0n) is 28.8. The van der Waals surface area contributed by atoms with Gasteiger partial charge in [-0.05, 0) is 83.8 Å². The van der Waals surface area contributed by atoms with Crippen molar-refractivity contribution in [1.29, 1.82) is 0 Å². The third-order valence-electron chi connectivity index (χ3n) is 11.0. The van der Waals surface area contributed by atoms with Crippen LogP contribution in [0.15, 0.2) is 6.07 Å². The molecule has 6 rings (SSSR count). The van der Waals surface area contributed by atoms with Crippen LogP contribution >= 0.6 is 11.6 Å². The number of halogens is 2. The van der Waals surface area contributed by atoms with E-state index in [0.29, 0.717) is 61.2 Å². The molecule has 0 bridgehead atoms. The minimum atomic E-state index is -1.24. The normalized spacial score (nSPS) is 24.6. The fraction of sp³-hybridized carbons (Fsp3) is 0.657. The SMILES string of the molecule is Cc1c(COc2c(F)cc(Cl)c3c2[C@@H](CN2CC4(CC4)CC2=O)N(C(=O)[C@@H]2CCCC[C@]2(C)C(=O)O)CC3)nnn1COC(=O)C(C)(C)C. The van der Waals surface area contributed by atoms with Gasteiger partial charge in [0.2, 0.25) is 11.8 Å². The Morgan fingerprint density at radius 1 is 1.18 bits per heavy atom. The lowest BCUT2D eigenvalue weighted by Crippen LogP contribution is -2.52. The number of esters is 1. The number of carbonyl (C=O) groups is 4. The number of rotatable bonds is 9. The van der Waals surface area contributed by atoms with Crippen LogP contribution in [0.25, 0.3) is 0 Å². The predicted molar refractivity (Wildman–Crippen MR) is 175 cm³/mol. The van der Waals surface area contributed by atoms with E-state index in [-0.39, 0.29) is 54.4 Å². The summed E-state index contributed by atoms with van der Waals surface area (Å²) in [7, 11) is 0. The van der Waals surface area contributed by atoms with E-state index in [9.17, 15) is 24.3 Å². The van der Waals surface area contributed by atoms with Crippen molar-refractivity contribution in [3.8, 4) is 5.75 Å². The second kappa shape index (κ2) is 12.9. The molecule has 3 fully saturated rings. The van der Waals surface area contributed by atoms with Gasteiger partial charge in [-0.2, -0.15) is 0 Å². The molecular formula is C35H45ClFN5O7. The number of nitrogens with zero attached hydrogens (tertiary/aromatic N) is 5. The lowest BCUT2D eigenvalue weighted by molar-refractivity contribution is -0.162. The zero-order chi connectivity index (χ0) is 35.5. The maximum absolute atomic E-state index is 16.0. The summed E-state index contributed by atoms with van der Waals surface area (Å²) in [5.74, 6) is -3.36. The summed E-state index contributed by atoms with van der Waals surface area (Å²) in [5, 5.41) is 18.7. The number of hydrogen-bond acceptors (Lipinski definition) is 8. The Labute approximate surface area is 290 Å². The molecule has 1 saturated heterocycles. The Hall–Kier alpha value is -3.74. The van der Waals surface area contributed by atoms with Crippen LogP contribution in [0.5, 0.6) is 5.75 Å². The van der Waals surface area contributed by atoms with Crippen molar-refractivity contribution in [2.45, 2.75) is 105 Å². The minimum Gasteiger partial charge on any atom is -0.484 e. The molecule has 4 aliphatic rings. The Balaban J connectivity index is 1.33. The topological polar surface area (TPSA) is 144 Å². The third-order valence-corrected chi connectivity index (χ3v) is 11.4. The minimum absolute atomic E-state index is 0.0190. The fourth-order valence-corrected chi connectivity index (χ4v) is 7.88. The van der Waals surface area contributed by atoms with Gasteiger partial charge in [-0.3, -0.25) is 19.2 Å². The first-order valence-corrected chi connectivity index (χ1v) is 17.4.